The molecule has 1 amide bonds. The Morgan fingerprint density at radius 1 is 1.25 bits per heavy atom. The van der Waals surface area contributed by atoms with Gasteiger partial charge in [-0.1, -0.05) is 17.7 Å². The minimum atomic E-state index is -0.505. The largest absolute Gasteiger partial charge is 0.321 e. The third-order valence-electron chi connectivity index (χ3n) is 2.69. The van der Waals surface area contributed by atoms with E-state index < -0.39 is 4.92 Å². The van der Waals surface area contributed by atoms with E-state index in [9.17, 15) is 14.9 Å². The standard InChI is InChI=1S/C14H11BrN2O3/c1-9-3-2-4-10(7-9)14(18)16-13-8-11(17(19)20)5-6-12(13)15/h2-8H,1H3,(H,16,18). The molecular formula is C14H11BrN2O3. The molecular weight excluding hydrogens is 324 g/mol. The number of carbonyl (C=O) groups is 1. The highest BCUT2D eigenvalue weighted by Crippen LogP contribution is 2.27. The fraction of sp³-hybridized carbons (Fsp3) is 0.0714. The van der Waals surface area contributed by atoms with Crippen molar-refractivity contribution in [2.24, 2.45) is 0 Å². The van der Waals surface area contributed by atoms with E-state index in [0.29, 0.717) is 15.7 Å². The van der Waals surface area contributed by atoms with E-state index >= 15 is 0 Å². The molecule has 5 nitrogen and oxygen atoms in total. The summed E-state index contributed by atoms with van der Waals surface area (Å²) >= 11 is 3.26. The van der Waals surface area contributed by atoms with Crippen LogP contribution in [0.1, 0.15) is 15.9 Å². The fourth-order valence-corrected chi connectivity index (χ4v) is 2.05. The molecule has 0 spiro atoms. The number of nitro groups is 1. The van der Waals surface area contributed by atoms with E-state index in [0.717, 1.165) is 5.56 Å². The summed E-state index contributed by atoms with van der Waals surface area (Å²) in [5, 5.41) is 13.4. The number of rotatable bonds is 3. The lowest BCUT2D eigenvalue weighted by Gasteiger charge is -2.07. The molecule has 0 radical (unpaired) electrons. The van der Waals surface area contributed by atoms with Gasteiger partial charge in [0.15, 0.2) is 0 Å². The first-order valence-corrected chi connectivity index (χ1v) is 6.58. The number of non-ortho nitro benzene ring substituents is 1. The number of benzene rings is 2. The first-order chi connectivity index (χ1) is 9.47. The van der Waals surface area contributed by atoms with Gasteiger partial charge in [0.2, 0.25) is 0 Å². The van der Waals surface area contributed by atoms with Crippen LogP contribution in [0.25, 0.3) is 0 Å². The van der Waals surface area contributed by atoms with Crippen molar-refractivity contribution in [1.29, 1.82) is 0 Å². The summed E-state index contributed by atoms with van der Waals surface area (Å²) in [5.74, 6) is -0.310. The van der Waals surface area contributed by atoms with Crippen LogP contribution in [0.5, 0.6) is 0 Å². The van der Waals surface area contributed by atoms with Crippen LogP contribution in [-0.4, -0.2) is 10.8 Å². The van der Waals surface area contributed by atoms with Gasteiger partial charge in [-0.05, 0) is 41.1 Å². The predicted molar refractivity (Wildman–Crippen MR) is 79.9 cm³/mol. The van der Waals surface area contributed by atoms with Crippen LogP contribution in [-0.2, 0) is 0 Å². The van der Waals surface area contributed by atoms with E-state index in [1.807, 2.05) is 13.0 Å². The van der Waals surface area contributed by atoms with Crippen LogP contribution < -0.4 is 5.32 Å². The molecule has 0 saturated carbocycles. The maximum Gasteiger partial charge on any atom is 0.271 e. The summed E-state index contributed by atoms with van der Waals surface area (Å²) in [5.41, 5.74) is 1.76. The average Bonchev–Trinajstić information content (AvgIpc) is 2.41. The zero-order valence-electron chi connectivity index (χ0n) is 10.6. The topological polar surface area (TPSA) is 72.2 Å². The van der Waals surface area contributed by atoms with Gasteiger partial charge in [0.05, 0.1) is 10.6 Å². The molecule has 0 aromatic heterocycles. The van der Waals surface area contributed by atoms with Crippen LogP contribution in [0, 0.1) is 17.0 Å². The lowest BCUT2D eigenvalue weighted by Crippen LogP contribution is -2.12. The Labute approximate surface area is 123 Å². The van der Waals surface area contributed by atoms with Crippen molar-refractivity contribution in [2.45, 2.75) is 6.92 Å². The van der Waals surface area contributed by atoms with Crippen LogP contribution in [0.3, 0.4) is 0 Å². The second-order valence-corrected chi connectivity index (χ2v) is 5.10. The molecule has 0 aliphatic carbocycles. The second kappa shape index (κ2) is 5.83. The highest BCUT2D eigenvalue weighted by Gasteiger charge is 2.13. The Morgan fingerprint density at radius 3 is 2.65 bits per heavy atom. The summed E-state index contributed by atoms with van der Waals surface area (Å²) in [6.07, 6.45) is 0. The normalized spacial score (nSPS) is 10.1. The monoisotopic (exact) mass is 334 g/mol. The van der Waals surface area contributed by atoms with Gasteiger partial charge in [0.1, 0.15) is 0 Å². The van der Waals surface area contributed by atoms with Crippen molar-refractivity contribution in [3.05, 3.63) is 68.2 Å². The summed E-state index contributed by atoms with van der Waals surface area (Å²) in [6, 6.07) is 11.3. The van der Waals surface area contributed by atoms with Crippen LogP contribution >= 0.6 is 15.9 Å². The number of hydrogen-bond donors (Lipinski definition) is 1. The molecule has 0 aliphatic rings. The van der Waals surface area contributed by atoms with Crippen LogP contribution in [0.15, 0.2) is 46.9 Å². The Bertz CT molecular complexity index is 686. The highest BCUT2D eigenvalue weighted by molar-refractivity contribution is 9.10. The first-order valence-electron chi connectivity index (χ1n) is 5.79. The number of anilines is 1. The minimum absolute atomic E-state index is 0.0762. The quantitative estimate of drug-likeness (QED) is 0.683. The Kier molecular flexibility index (Phi) is 4.14. The van der Waals surface area contributed by atoms with E-state index in [1.165, 1.54) is 18.2 Å². The van der Waals surface area contributed by atoms with Gasteiger partial charge in [-0.25, -0.2) is 0 Å². The van der Waals surface area contributed by atoms with Crippen LogP contribution in [0.2, 0.25) is 0 Å². The lowest BCUT2D eigenvalue weighted by molar-refractivity contribution is -0.384. The molecule has 20 heavy (non-hydrogen) atoms. The van der Waals surface area contributed by atoms with E-state index in [-0.39, 0.29) is 11.6 Å². The molecule has 0 bridgehead atoms. The van der Waals surface area contributed by atoms with Gasteiger partial charge in [-0.2, -0.15) is 0 Å². The lowest BCUT2D eigenvalue weighted by atomic mass is 10.1. The molecule has 0 unspecified atom stereocenters. The Balaban J connectivity index is 2.27. The third kappa shape index (κ3) is 3.21. The maximum absolute atomic E-state index is 12.1. The van der Waals surface area contributed by atoms with Crippen molar-refractivity contribution < 1.29 is 9.72 Å². The van der Waals surface area contributed by atoms with Gasteiger partial charge in [0, 0.05) is 22.2 Å². The van der Waals surface area contributed by atoms with E-state index in [1.54, 1.807) is 18.2 Å². The summed E-state index contributed by atoms with van der Waals surface area (Å²) in [7, 11) is 0. The van der Waals surface area contributed by atoms with E-state index in [2.05, 4.69) is 21.2 Å². The molecule has 0 aliphatic heterocycles. The molecule has 102 valence electrons. The average molecular weight is 335 g/mol. The van der Waals surface area contributed by atoms with Gasteiger partial charge >= 0.3 is 0 Å². The molecule has 2 aromatic rings. The van der Waals surface area contributed by atoms with Crippen molar-refractivity contribution in [2.75, 3.05) is 5.32 Å². The molecule has 0 atom stereocenters. The molecule has 0 heterocycles. The van der Waals surface area contributed by atoms with Gasteiger partial charge < -0.3 is 5.32 Å². The molecule has 0 saturated heterocycles. The SMILES string of the molecule is Cc1cccc(C(=O)Nc2cc([N+](=O)[O-])ccc2Br)c1. The van der Waals surface area contributed by atoms with Crippen molar-refractivity contribution in [1.82, 2.24) is 0 Å². The Morgan fingerprint density at radius 2 is 2.00 bits per heavy atom. The maximum atomic E-state index is 12.1. The zero-order chi connectivity index (χ0) is 14.7. The van der Waals surface area contributed by atoms with Gasteiger partial charge in [-0.15, -0.1) is 0 Å². The third-order valence-corrected chi connectivity index (χ3v) is 3.38. The summed E-state index contributed by atoms with van der Waals surface area (Å²) in [6.45, 7) is 1.89. The van der Waals surface area contributed by atoms with E-state index in [4.69, 9.17) is 0 Å². The highest BCUT2D eigenvalue weighted by atomic mass is 79.9. The number of carbonyl (C=O) groups excluding carboxylic acids is 1. The Hall–Kier alpha value is -2.21. The number of nitro benzene ring substituents is 1. The van der Waals surface area contributed by atoms with Gasteiger partial charge in [-0.3, -0.25) is 14.9 Å². The number of nitrogens with zero attached hydrogens (tertiary/aromatic N) is 1. The number of amides is 1. The second-order valence-electron chi connectivity index (χ2n) is 4.24. The smallest absolute Gasteiger partial charge is 0.271 e. The number of aryl methyl sites for hydroxylation is 1. The van der Waals surface area contributed by atoms with Crippen molar-refractivity contribution in [3.8, 4) is 0 Å². The van der Waals surface area contributed by atoms with Crippen LogP contribution in [0.4, 0.5) is 11.4 Å². The number of hydrogen-bond acceptors (Lipinski definition) is 3. The number of halogens is 1. The van der Waals surface area contributed by atoms with Crippen molar-refractivity contribution >= 4 is 33.2 Å². The molecule has 2 aromatic carbocycles. The molecule has 1 N–H and O–H groups in total. The first kappa shape index (κ1) is 14.2. The minimum Gasteiger partial charge on any atom is -0.321 e. The zero-order valence-corrected chi connectivity index (χ0v) is 12.2. The summed E-state index contributed by atoms with van der Waals surface area (Å²) in [4.78, 5) is 22.3. The van der Waals surface area contributed by atoms with Gasteiger partial charge in [0.25, 0.3) is 11.6 Å². The molecule has 2 rings (SSSR count). The summed E-state index contributed by atoms with van der Waals surface area (Å²) < 4.78 is 0.587. The molecule has 0 fully saturated rings. The molecule has 6 heteroatoms. The number of nitrogens with one attached hydrogen (secondary N) is 1. The fourth-order valence-electron chi connectivity index (χ4n) is 1.70. The predicted octanol–water partition coefficient (Wildman–Crippen LogP) is 3.92. The van der Waals surface area contributed by atoms with Crippen molar-refractivity contribution in [3.63, 3.8) is 0 Å².